The number of amides is 1. The van der Waals surface area contributed by atoms with Gasteiger partial charge in [-0.25, -0.2) is 15.0 Å². The summed E-state index contributed by atoms with van der Waals surface area (Å²) in [6.45, 7) is 5.76. The Kier molecular flexibility index (Phi) is 8.93. The van der Waals surface area contributed by atoms with Crippen LogP contribution in [0.4, 0.5) is 19.1 Å². The quantitative estimate of drug-likeness (QED) is 0.352. The number of pyridine rings is 1. The molecule has 40 heavy (non-hydrogen) atoms. The fourth-order valence-electron chi connectivity index (χ4n) is 4.32. The van der Waals surface area contributed by atoms with Crippen molar-refractivity contribution in [3.05, 3.63) is 77.7 Å². The molecule has 1 saturated heterocycles. The van der Waals surface area contributed by atoms with Gasteiger partial charge in [0, 0.05) is 43.8 Å². The molecule has 4 heterocycles. The van der Waals surface area contributed by atoms with E-state index >= 15 is 0 Å². The molecule has 4 aromatic rings. The third kappa shape index (κ3) is 7.11. The SMILES string of the molecule is CC(C)c1cc(C#N)cc2ncoc12.O=C(NCC1CCN(c2nccc(C(F)(F)F)n2)CC1)c1cccnc1. The van der Waals surface area contributed by atoms with E-state index in [9.17, 15) is 18.0 Å². The molecule has 1 amide bonds. The lowest BCUT2D eigenvalue weighted by Gasteiger charge is -2.32. The van der Waals surface area contributed by atoms with Gasteiger partial charge in [0.2, 0.25) is 5.95 Å². The van der Waals surface area contributed by atoms with E-state index in [2.05, 4.69) is 45.2 Å². The molecule has 1 fully saturated rings. The Labute approximate surface area is 229 Å². The van der Waals surface area contributed by atoms with Gasteiger partial charge in [-0.15, -0.1) is 0 Å². The molecule has 0 unspecified atom stereocenters. The molecule has 0 aliphatic carbocycles. The van der Waals surface area contributed by atoms with Crippen molar-refractivity contribution < 1.29 is 22.4 Å². The number of fused-ring (bicyclic) bond motifs is 1. The zero-order chi connectivity index (χ0) is 28.7. The number of rotatable bonds is 5. The van der Waals surface area contributed by atoms with Crippen LogP contribution >= 0.6 is 0 Å². The van der Waals surface area contributed by atoms with Crippen LogP contribution in [-0.2, 0) is 6.18 Å². The Morgan fingerprint density at radius 2 is 1.98 bits per heavy atom. The molecule has 3 aromatic heterocycles. The molecular formula is C28H28F3N7O2. The highest BCUT2D eigenvalue weighted by Gasteiger charge is 2.33. The van der Waals surface area contributed by atoms with Crippen LogP contribution < -0.4 is 10.2 Å². The highest BCUT2D eigenvalue weighted by molar-refractivity contribution is 5.93. The Morgan fingerprint density at radius 3 is 2.62 bits per heavy atom. The molecule has 1 aliphatic rings. The number of oxazole rings is 1. The Balaban J connectivity index is 0.000000222. The highest BCUT2D eigenvalue weighted by Crippen LogP contribution is 2.29. The molecule has 1 aliphatic heterocycles. The molecule has 12 heteroatoms. The number of benzene rings is 1. The van der Waals surface area contributed by atoms with Gasteiger partial charge in [0.05, 0.1) is 17.2 Å². The molecule has 5 rings (SSSR count). The van der Waals surface area contributed by atoms with Crippen LogP contribution in [0.1, 0.15) is 59.8 Å². The van der Waals surface area contributed by atoms with Crippen LogP contribution in [0.25, 0.3) is 11.1 Å². The predicted octanol–water partition coefficient (Wildman–Crippen LogP) is 5.36. The summed E-state index contributed by atoms with van der Waals surface area (Å²) in [5, 5.41) is 11.7. The van der Waals surface area contributed by atoms with Crippen molar-refractivity contribution in [2.75, 3.05) is 24.5 Å². The fourth-order valence-corrected chi connectivity index (χ4v) is 4.32. The average molecular weight is 552 g/mol. The predicted molar refractivity (Wildman–Crippen MR) is 141 cm³/mol. The van der Waals surface area contributed by atoms with E-state index in [0.29, 0.717) is 36.7 Å². The van der Waals surface area contributed by atoms with Gasteiger partial charge in [-0.05, 0) is 55.0 Å². The van der Waals surface area contributed by atoms with Crippen LogP contribution in [0.3, 0.4) is 0 Å². The summed E-state index contributed by atoms with van der Waals surface area (Å²) >= 11 is 0. The first kappa shape index (κ1) is 28.5. The van der Waals surface area contributed by atoms with Gasteiger partial charge >= 0.3 is 6.18 Å². The minimum absolute atomic E-state index is 0.0951. The van der Waals surface area contributed by atoms with Crippen molar-refractivity contribution in [2.24, 2.45) is 5.92 Å². The van der Waals surface area contributed by atoms with E-state index in [-0.39, 0.29) is 17.8 Å². The summed E-state index contributed by atoms with van der Waals surface area (Å²) in [5.74, 6) is 0.510. The summed E-state index contributed by atoms with van der Waals surface area (Å²) in [6, 6.07) is 9.98. The summed E-state index contributed by atoms with van der Waals surface area (Å²) in [7, 11) is 0. The molecular weight excluding hydrogens is 523 g/mol. The lowest BCUT2D eigenvalue weighted by molar-refractivity contribution is -0.141. The number of halogens is 3. The molecule has 0 atom stereocenters. The zero-order valence-electron chi connectivity index (χ0n) is 22.0. The fraction of sp³-hybridized carbons (Fsp3) is 0.357. The van der Waals surface area contributed by atoms with E-state index in [1.54, 1.807) is 29.3 Å². The number of anilines is 1. The standard InChI is InChI=1S/C17H18F3N5O.C11H10N2O/c18-17(19,20)14-3-7-22-16(24-14)25-8-4-12(5-9-25)10-23-15(26)13-2-1-6-21-11-13;1-7(2)9-3-8(5-12)4-10-11(9)14-6-13-10/h1-3,6-7,11-12H,4-5,8-10H2,(H,23,26);3-4,6-7H,1-2H3. The second-order valence-electron chi connectivity index (χ2n) is 9.65. The largest absolute Gasteiger partial charge is 0.443 e. The van der Waals surface area contributed by atoms with E-state index < -0.39 is 11.9 Å². The normalized spacial score (nSPS) is 14.0. The first-order chi connectivity index (χ1) is 19.2. The Morgan fingerprint density at radius 1 is 1.20 bits per heavy atom. The summed E-state index contributed by atoms with van der Waals surface area (Å²) in [4.78, 5) is 29.3. The van der Waals surface area contributed by atoms with Crippen molar-refractivity contribution in [1.29, 1.82) is 5.26 Å². The van der Waals surface area contributed by atoms with E-state index in [1.165, 1.54) is 12.6 Å². The van der Waals surface area contributed by atoms with Gasteiger partial charge < -0.3 is 14.6 Å². The van der Waals surface area contributed by atoms with Crippen LogP contribution in [0, 0.1) is 17.2 Å². The van der Waals surface area contributed by atoms with Gasteiger partial charge in [-0.3, -0.25) is 9.78 Å². The summed E-state index contributed by atoms with van der Waals surface area (Å²) in [5.41, 5.74) is 2.79. The van der Waals surface area contributed by atoms with Gasteiger partial charge in [-0.2, -0.15) is 18.4 Å². The maximum Gasteiger partial charge on any atom is 0.433 e. The highest BCUT2D eigenvalue weighted by atomic mass is 19.4. The van der Waals surface area contributed by atoms with Crippen LogP contribution in [-0.4, -0.2) is 45.5 Å². The number of nitrogens with one attached hydrogen (secondary N) is 1. The van der Waals surface area contributed by atoms with Gasteiger partial charge in [0.1, 0.15) is 11.2 Å². The lowest BCUT2D eigenvalue weighted by atomic mass is 9.97. The third-order valence-electron chi connectivity index (χ3n) is 6.52. The number of aromatic nitrogens is 4. The van der Waals surface area contributed by atoms with Crippen LogP contribution in [0.15, 0.2) is 59.7 Å². The minimum Gasteiger partial charge on any atom is -0.443 e. The summed E-state index contributed by atoms with van der Waals surface area (Å²) in [6.07, 6.45) is 2.65. The number of nitriles is 1. The Bertz CT molecular complexity index is 1470. The number of carbonyl (C=O) groups excluding carboxylic acids is 1. The number of carbonyl (C=O) groups is 1. The second-order valence-corrected chi connectivity index (χ2v) is 9.65. The average Bonchev–Trinajstić information content (AvgIpc) is 3.45. The molecule has 1 N–H and O–H groups in total. The first-order valence-electron chi connectivity index (χ1n) is 12.8. The first-order valence-corrected chi connectivity index (χ1v) is 12.8. The maximum absolute atomic E-state index is 12.8. The van der Waals surface area contributed by atoms with Gasteiger partial charge in [-0.1, -0.05) is 13.8 Å². The zero-order valence-corrected chi connectivity index (χ0v) is 22.0. The van der Waals surface area contributed by atoms with E-state index in [1.807, 2.05) is 6.07 Å². The molecule has 9 nitrogen and oxygen atoms in total. The lowest BCUT2D eigenvalue weighted by Crippen LogP contribution is -2.39. The number of nitrogens with zero attached hydrogens (tertiary/aromatic N) is 6. The van der Waals surface area contributed by atoms with Crippen molar-refractivity contribution in [3.63, 3.8) is 0 Å². The van der Waals surface area contributed by atoms with Gasteiger partial charge in [0.25, 0.3) is 5.91 Å². The monoisotopic (exact) mass is 551 g/mol. The van der Waals surface area contributed by atoms with Crippen molar-refractivity contribution >= 4 is 23.0 Å². The number of hydrogen-bond acceptors (Lipinski definition) is 8. The van der Waals surface area contributed by atoms with Crippen LogP contribution in [0.2, 0.25) is 0 Å². The van der Waals surface area contributed by atoms with Crippen LogP contribution in [0.5, 0.6) is 0 Å². The summed E-state index contributed by atoms with van der Waals surface area (Å²) < 4.78 is 43.6. The number of piperidine rings is 1. The molecule has 208 valence electrons. The topological polar surface area (TPSA) is 121 Å². The molecule has 0 saturated carbocycles. The van der Waals surface area contributed by atoms with Crippen molar-refractivity contribution in [3.8, 4) is 6.07 Å². The Hall–Kier alpha value is -4.53. The molecule has 0 radical (unpaired) electrons. The maximum atomic E-state index is 12.8. The van der Waals surface area contributed by atoms with Crippen molar-refractivity contribution in [1.82, 2.24) is 25.3 Å². The smallest absolute Gasteiger partial charge is 0.433 e. The van der Waals surface area contributed by atoms with E-state index in [0.717, 1.165) is 41.8 Å². The number of alkyl halides is 3. The van der Waals surface area contributed by atoms with Gasteiger partial charge in [0.15, 0.2) is 12.0 Å². The molecule has 1 aromatic carbocycles. The van der Waals surface area contributed by atoms with E-state index in [4.69, 9.17) is 9.68 Å². The number of hydrogen-bond donors (Lipinski definition) is 1. The molecule has 0 bridgehead atoms. The van der Waals surface area contributed by atoms with Crippen molar-refractivity contribution in [2.45, 2.75) is 38.8 Å². The third-order valence-corrected chi connectivity index (χ3v) is 6.52. The molecule has 0 spiro atoms. The minimum atomic E-state index is -4.48. The second kappa shape index (κ2) is 12.5.